The van der Waals surface area contributed by atoms with E-state index in [4.69, 9.17) is 5.14 Å². The molecule has 0 unspecified atom stereocenters. The molecule has 0 aliphatic rings. The normalized spacial score (nSPS) is 10.4. The van der Waals surface area contributed by atoms with E-state index in [9.17, 15) is 13.2 Å². The van der Waals surface area contributed by atoms with Crippen molar-refractivity contribution in [1.82, 2.24) is 0 Å². The molecule has 0 saturated heterocycles. The van der Waals surface area contributed by atoms with Crippen LogP contribution in [-0.4, -0.2) is 28.4 Å². The number of primary sulfonamides is 1. The highest BCUT2D eigenvalue weighted by molar-refractivity contribution is 7.89. The van der Waals surface area contributed by atoms with Crippen LogP contribution in [-0.2, 0) is 20.2 Å². The van der Waals surface area contributed by atoms with Gasteiger partial charge in [0.2, 0.25) is 10.0 Å². The van der Waals surface area contributed by atoms with E-state index < -0.39 is 10.0 Å². The van der Waals surface area contributed by atoms with Gasteiger partial charge >= 0.3 is 0 Å². The lowest BCUT2D eigenvalue weighted by Gasteiger charge is -2.28. The molecule has 2 N–H and O–H groups in total. The molecule has 0 saturated carbocycles. The number of unbranched alkanes of at least 4 members (excludes halogenated alkanes) is 2. The van der Waals surface area contributed by atoms with Crippen LogP contribution in [0.25, 0.3) is 0 Å². The van der Waals surface area contributed by atoms with Crippen molar-refractivity contribution < 1.29 is 17.9 Å². The molecule has 0 aromatic heterocycles. The zero-order valence-electron chi connectivity index (χ0n) is 20.4. The summed E-state index contributed by atoms with van der Waals surface area (Å²) < 4.78 is 27.5. The summed E-state index contributed by atoms with van der Waals surface area (Å²) in [6, 6.07) is 4.59. The molecule has 0 aliphatic heterocycles. The number of Topliss-reactive ketones (excluding diaryl/α,β-unsaturated/α-hetero) is 1. The van der Waals surface area contributed by atoms with Crippen LogP contribution in [0.3, 0.4) is 0 Å². The first-order valence-corrected chi connectivity index (χ1v) is 12.2. The summed E-state index contributed by atoms with van der Waals surface area (Å²) in [4.78, 5) is 12.3. The number of carbonyl (C=O) groups excluding carboxylic acids is 1. The molecule has 0 amide bonds. The summed E-state index contributed by atoms with van der Waals surface area (Å²) in [5, 5.41) is 5.24. The van der Waals surface area contributed by atoms with E-state index in [0.29, 0.717) is 12.0 Å². The first kappa shape index (κ1) is 32.4. The first-order chi connectivity index (χ1) is 13.5. The highest BCUT2D eigenvalue weighted by Gasteiger charge is 2.27. The van der Waals surface area contributed by atoms with Crippen molar-refractivity contribution >= 4 is 15.8 Å². The number of hydrogen-bond acceptors (Lipinski definition) is 4. The standard InChI is InChI=1S/C17H27NO3S.C2H6O.2C2H6/c1-5-7-8-11-17(3,4)15-12-13(22(18,20)21)9-10-14(15)16(19)6-2;1-3-2;2*1-2/h9-10,12H,5-8,11H2,1-4H3,(H2,18,20,21);1-2H3;2*1-2H3. The highest BCUT2D eigenvalue weighted by atomic mass is 32.2. The summed E-state index contributed by atoms with van der Waals surface area (Å²) >= 11 is 0. The smallest absolute Gasteiger partial charge is 0.238 e. The van der Waals surface area contributed by atoms with Crippen LogP contribution in [0.5, 0.6) is 0 Å². The van der Waals surface area contributed by atoms with E-state index in [2.05, 4.69) is 25.5 Å². The molecular formula is C23H45NO4S. The van der Waals surface area contributed by atoms with Crippen LogP contribution in [0.2, 0.25) is 0 Å². The van der Waals surface area contributed by atoms with Crippen LogP contribution in [0.15, 0.2) is 23.1 Å². The van der Waals surface area contributed by atoms with Crippen molar-refractivity contribution in [3.05, 3.63) is 29.3 Å². The lowest BCUT2D eigenvalue weighted by atomic mass is 9.77. The Kier molecular flexibility index (Phi) is 19.7. The molecule has 172 valence electrons. The van der Waals surface area contributed by atoms with E-state index in [1.54, 1.807) is 26.4 Å². The summed E-state index contributed by atoms with van der Waals surface area (Å²) in [7, 11) is -0.521. The SMILES string of the molecule is CC.CC.CCCCCC(C)(C)c1cc(S(N)(=O)=O)ccc1C(=O)CC.COC. The fourth-order valence-corrected chi connectivity index (χ4v) is 3.19. The number of carbonyl (C=O) groups is 1. The van der Waals surface area contributed by atoms with Crippen LogP contribution >= 0.6 is 0 Å². The van der Waals surface area contributed by atoms with Gasteiger partial charge in [0.25, 0.3) is 0 Å². The lowest BCUT2D eigenvalue weighted by molar-refractivity contribution is 0.0985. The van der Waals surface area contributed by atoms with Crippen LogP contribution < -0.4 is 5.14 Å². The van der Waals surface area contributed by atoms with E-state index >= 15 is 0 Å². The quantitative estimate of drug-likeness (QED) is 0.398. The van der Waals surface area contributed by atoms with Gasteiger partial charge in [-0.15, -0.1) is 0 Å². The summed E-state index contributed by atoms with van der Waals surface area (Å²) in [5.74, 6) is 0.0273. The number of hydrogen-bond donors (Lipinski definition) is 1. The molecule has 1 aromatic rings. The molecule has 0 bridgehead atoms. The van der Waals surface area contributed by atoms with E-state index in [1.807, 2.05) is 34.6 Å². The van der Waals surface area contributed by atoms with Gasteiger partial charge in [-0.1, -0.05) is 74.7 Å². The van der Waals surface area contributed by atoms with Crippen molar-refractivity contribution in [2.24, 2.45) is 5.14 Å². The van der Waals surface area contributed by atoms with Gasteiger partial charge in [-0.3, -0.25) is 4.79 Å². The minimum absolute atomic E-state index is 0.0273. The maximum Gasteiger partial charge on any atom is 0.238 e. The minimum Gasteiger partial charge on any atom is -0.388 e. The Balaban J connectivity index is -0.000000856. The third kappa shape index (κ3) is 12.8. The molecule has 0 atom stereocenters. The second kappa shape index (κ2) is 17.6. The maximum absolute atomic E-state index is 12.2. The minimum atomic E-state index is -3.77. The van der Waals surface area contributed by atoms with E-state index in [0.717, 1.165) is 31.2 Å². The Morgan fingerprint density at radius 3 is 1.90 bits per heavy atom. The predicted octanol–water partition coefficient (Wildman–Crippen LogP) is 6.10. The number of methoxy groups -OCH3 is 1. The monoisotopic (exact) mass is 431 g/mol. The fraction of sp³-hybridized carbons (Fsp3) is 0.696. The van der Waals surface area contributed by atoms with Crippen molar-refractivity contribution in [3.63, 3.8) is 0 Å². The lowest BCUT2D eigenvalue weighted by Crippen LogP contribution is -2.23. The van der Waals surface area contributed by atoms with Gasteiger partial charge < -0.3 is 4.74 Å². The van der Waals surface area contributed by atoms with Crippen LogP contribution in [0.1, 0.15) is 103 Å². The Hall–Kier alpha value is -1.24. The largest absolute Gasteiger partial charge is 0.388 e. The maximum atomic E-state index is 12.2. The fourth-order valence-electron chi connectivity index (χ4n) is 2.65. The Morgan fingerprint density at radius 1 is 1.03 bits per heavy atom. The zero-order chi connectivity index (χ0) is 23.7. The second-order valence-electron chi connectivity index (χ2n) is 6.78. The predicted molar refractivity (Wildman–Crippen MR) is 125 cm³/mol. The van der Waals surface area contributed by atoms with E-state index in [-0.39, 0.29) is 16.1 Å². The van der Waals surface area contributed by atoms with Gasteiger partial charge in [-0.05, 0) is 35.6 Å². The van der Waals surface area contributed by atoms with Crippen molar-refractivity contribution in [1.29, 1.82) is 0 Å². The summed E-state index contributed by atoms with van der Waals surface area (Å²) in [6.45, 7) is 16.1. The average Bonchev–Trinajstić information content (AvgIpc) is 2.70. The van der Waals surface area contributed by atoms with Gasteiger partial charge in [0.05, 0.1) is 4.90 Å². The number of nitrogens with two attached hydrogens (primary N) is 1. The van der Waals surface area contributed by atoms with Gasteiger partial charge in [0.1, 0.15) is 0 Å². The van der Waals surface area contributed by atoms with Crippen LogP contribution in [0, 0.1) is 0 Å². The van der Waals surface area contributed by atoms with Gasteiger partial charge in [-0.2, -0.15) is 0 Å². The molecule has 0 fully saturated rings. The Bertz CT molecular complexity index is 653. The van der Waals surface area contributed by atoms with Crippen molar-refractivity contribution in [3.8, 4) is 0 Å². The molecule has 0 radical (unpaired) electrons. The van der Waals surface area contributed by atoms with Crippen LogP contribution in [0.4, 0.5) is 0 Å². The molecule has 0 aliphatic carbocycles. The third-order valence-corrected chi connectivity index (χ3v) is 4.99. The highest BCUT2D eigenvalue weighted by Crippen LogP contribution is 2.34. The number of benzene rings is 1. The molecule has 29 heavy (non-hydrogen) atoms. The molecule has 1 rings (SSSR count). The number of rotatable bonds is 8. The van der Waals surface area contributed by atoms with Crippen molar-refractivity contribution in [2.75, 3.05) is 14.2 Å². The van der Waals surface area contributed by atoms with Gasteiger partial charge in [0.15, 0.2) is 5.78 Å². The molecular weight excluding hydrogens is 386 g/mol. The number of ketones is 1. The molecule has 0 heterocycles. The summed E-state index contributed by atoms with van der Waals surface area (Å²) in [6.07, 6.45) is 4.58. The Morgan fingerprint density at radius 2 is 1.52 bits per heavy atom. The van der Waals surface area contributed by atoms with E-state index in [1.165, 1.54) is 6.07 Å². The van der Waals surface area contributed by atoms with Gasteiger partial charge in [-0.25, -0.2) is 13.6 Å². The Labute approximate surface area is 180 Å². The van der Waals surface area contributed by atoms with Crippen molar-refractivity contribution in [2.45, 2.75) is 97.8 Å². The second-order valence-corrected chi connectivity index (χ2v) is 8.34. The topological polar surface area (TPSA) is 86.5 Å². The van der Waals surface area contributed by atoms with Gasteiger partial charge in [0, 0.05) is 26.2 Å². The zero-order valence-corrected chi connectivity index (χ0v) is 21.2. The average molecular weight is 432 g/mol. The third-order valence-electron chi connectivity index (χ3n) is 4.08. The number of ether oxygens (including phenoxy) is 1. The molecule has 1 aromatic carbocycles. The summed E-state index contributed by atoms with van der Waals surface area (Å²) in [5.41, 5.74) is 1.12. The molecule has 5 nitrogen and oxygen atoms in total. The first-order valence-electron chi connectivity index (χ1n) is 10.7. The number of sulfonamides is 1. The molecule has 6 heteroatoms. The molecule has 0 spiro atoms.